The van der Waals surface area contributed by atoms with Gasteiger partial charge < -0.3 is 5.32 Å². The smallest absolute Gasteiger partial charge is 0.0198 e. The fourth-order valence-corrected chi connectivity index (χ4v) is 4.69. The number of nitrogens with zero attached hydrogens (tertiary/aromatic N) is 1. The minimum atomic E-state index is 0.779. The Labute approximate surface area is 132 Å². The Hall–Kier alpha value is -0.0800. The van der Waals surface area contributed by atoms with Gasteiger partial charge in [0.05, 0.1) is 0 Å². The molecule has 1 aliphatic heterocycles. The molecule has 1 heterocycles. The molecular formula is C19H36N2. The van der Waals surface area contributed by atoms with Gasteiger partial charge in [0, 0.05) is 25.2 Å². The second kappa shape index (κ2) is 7.97. The van der Waals surface area contributed by atoms with Gasteiger partial charge in [0.25, 0.3) is 0 Å². The van der Waals surface area contributed by atoms with E-state index in [1.807, 2.05) is 0 Å². The van der Waals surface area contributed by atoms with Crippen LogP contribution in [0.15, 0.2) is 0 Å². The van der Waals surface area contributed by atoms with Crippen LogP contribution in [-0.4, -0.2) is 36.6 Å². The van der Waals surface area contributed by atoms with Crippen molar-refractivity contribution in [1.82, 2.24) is 10.2 Å². The van der Waals surface area contributed by atoms with Crippen LogP contribution >= 0.6 is 0 Å². The summed E-state index contributed by atoms with van der Waals surface area (Å²) in [7, 11) is 0. The molecule has 21 heavy (non-hydrogen) atoms. The van der Waals surface area contributed by atoms with Gasteiger partial charge in [-0.1, -0.05) is 39.0 Å². The average molecular weight is 293 g/mol. The van der Waals surface area contributed by atoms with Crippen molar-refractivity contribution in [1.29, 1.82) is 0 Å². The van der Waals surface area contributed by atoms with Gasteiger partial charge in [-0.15, -0.1) is 0 Å². The van der Waals surface area contributed by atoms with E-state index < -0.39 is 0 Å². The monoisotopic (exact) mass is 292 g/mol. The molecule has 0 spiro atoms. The predicted molar refractivity (Wildman–Crippen MR) is 90.6 cm³/mol. The summed E-state index contributed by atoms with van der Waals surface area (Å²) in [6.07, 6.45) is 16.0. The van der Waals surface area contributed by atoms with Crippen LogP contribution < -0.4 is 5.32 Å². The Bertz CT molecular complexity index is 294. The van der Waals surface area contributed by atoms with Crippen LogP contribution in [-0.2, 0) is 0 Å². The Balaban J connectivity index is 1.48. The van der Waals surface area contributed by atoms with Gasteiger partial charge in [0.1, 0.15) is 0 Å². The Morgan fingerprint density at radius 1 is 0.952 bits per heavy atom. The predicted octanol–water partition coefficient (Wildman–Crippen LogP) is 4.20. The Morgan fingerprint density at radius 2 is 1.76 bits per heavy atom. The standard InChI is InChI=1S/C19H36N2/c1-2-3-7-17-12-18(20-13-16-8-4-5-9-16)15-21(14-17)19-10-6-11-19/h16-20H,2-15H2,1H3. The molecule has 1 saturated heterocycles. The lowest BCUT2D eigenvalue weighted by atomic mass is 9.84. The van der Waals surface area contributed by atoms with E-state index in [1.165, 1.54) is 90.3 Å². The Kier molecular flexibility index (Phi) is 5.99. The molecule has 0 aromatic heterocycles. The highest BCUT2D eigenvalue weighted by Gasteiger charge is 2.33. The topological polar surface area (TPSA) is 15.3 Å². The third kappa shape index (κ3) is 4.45. The SMILES string of the molecule is CCCCC1CC(NCC2CCCC2)CN(C2CCC2)C1. The maximum Gasteiger partial charge on any atom is 0.0198 e. The van der Waals surface area contributed by atoms with Crippen molar-refractivity contribution < 1.29 is 0 Å². The molecule has 0 radical (unpaired) electrons. The summed E-state index contributed by atoms with van der Waals surface area (Å²) < 4.78 is 0. The van der Waals surface area contributed by atoms with Crippen molar-refractivity contribution in [3.05, 3.63) is 0 Å². The maximum absolute atomic E-state index is 3.96. The van der Waals surface area contributed by atoms with Gasteiger partial charge in [0.15, 0.2) is 0 Å². The first-order valence-electron chi connectivity index (χ1n) is 9.82. The van der Waals surface area contributed by atoms with Crippen molar-refractivity contribution in [3.8, 4) is 0 Å². The van der Waals surface area contributed by atoms with Crippen molar-refractivity contribution in [2.45, 2.75) is 89.6 Å². The quantitative estimate of drug-likeness (QED) is 0.756. The average Bonchev–Trinajstić information content (AvgIpc) is 2.94. The summed E-state index contributed by atoms with van der Waals surface area (Å²) in [5, 5.41) is 3.96. The number of piperidine rings is 1. The second-order valence-electron chi connectivity index (χ2n) is 8.04. The molecule has 1 N–H and O–H groups in total. The van der Waals surface area contributed by atoms with Crippen molar-refractivity contribution in [3.63, 3.8) is 0 Å². The number of nitrogens with one attached hydrogen (secondary N) is 1. The lowest BCUT2D eigenvalue weighted by Gasteiger charge is -2.45. The third-order valence-corrected chi connectivity index (χ3v) is 6.29. The Morgan fingerprint density at radius 3 is 2.43 bits per heavy atom. The summed E-state index contributed by atoms with van der Waals surface area (Å²) in [6.45, 7) is 6.36. The molecule has 2 nitrogen and oxygen atoms in total. The summed E-state index contributed by atoms with van der Waals surface area (Å²) in [5.41, 5.74) is 0. The molecule has 0 aromatic rings. The molecule has 3 rings (SSSR count). The van der Waals surface area contributed by atoms with Gasteiger partial charge in [-0.25, -0.2) is 0 Å². The van der Waals surface area contributed by atoms with Gasteiger partial charge in [-0.2, -0.15) is 0 Å². The molecule has 122 valence electrons. The fourth-order valence-electron chi connectivity index (χ4n) is 4.69. The highest BCUT2D eigenvalue weighted by atomic mass is 15.2. The molecule has 2 unspecified atom stereocenters. The normalized spacial score (nSPS) is 32.4. The third-order valence-electron chi connectivity index (χ3n) is 6.29. The van der Waals surface area contributed by atoms with Crippen molar-refractivity contribution >= 4 is 0 Å². The van der Waals surface area contributed by atoms with E-state index in [1.54, 1.807) is 0 Å². The van der Waals surface area contributed by atoms with E-state index in [4.69, 9.17) is 0 Å². The van der Waals surface area contributed by atoms with E-state index in [2.05, 4.69) is 17.1 Å². The van der Waals surface area contributed by atoms with Crippen LogP contribution in [0.5, 0.6) is 0 Å². The summed E-state index contributed by atoms with van der Waals surface area (Å²) in [6, 6.07) is 1.71. The molecule has 2 saturated carbocycles. The van der Waals surface area contributed by atoms with E-state index in [0.717, 1.165) is 23.9 Å². The lowest BCUT2D eigenvalue weighted by Crippen LogP contribution is -2.54. The minimum absolute atomic E-state index is 0.779. The molecule has 0 aromatic carbocycles. The number of rotatable bonds is 7. The molecule has 2 heteroatoms. The zero-order valence-electron chi connectivity index (χ0n) is 14.2. The molecular weight excluding hydrogens is 256 g/mol. The number of hydrogen-bond donors (Lipinski definition) is 1. The fraction of sp³-hybridized carbons (Fsp3) is 1.00. The van der Waals surface area contributed by atoms with Crippen molar-refractivity contribution in [2.24, 2.45) is 11.8 Å². The molecule has 3 fully saturated rings. The van der Waals surface area contributed by atoms with Gasteiger partial charge in [-0.3, -0.25) is 4.90 Å². The first kappa shape index (κ1) is 15.8. The first-order valence-corrected chi connectivity index (χ1v) is 9.82. The van der Waals surface area contributed by atoms with E-state index >= 15 is 0 Å². The zero-order chi connectivity index (χ0) is 14.5. The van der Waals surface area contributed by atoms with Crippen LogP contribution in [0, 0.1) is 11.8 Å². The maximum atomic E-state index is 3.96. The minimum Gasteiger partial charge on any atom is -0.312 e. The van der Waals surface area contributed by atoms with E-state index in [9.17, 15) is 0 Å². The number of likely N-dealkylation sites (tertiary alicyclic amines) is 1. The van der Waals surface area contributed by atoms with Crippen LogP contribution in [0.25, 0.3) is 0 Å². The molecule has 3 aliphatic rings. The lowest BCUT2D eigenvalue weighted by molar-refractivity contribution is 0.0547. The summed E-state index contributed by atoms with van der Waals surface area (Å²) >= 11 is 0. The van der Waals surface area contributed by atoms with E-state index in [0.29, 0.717) is 0 Å². The number of hydrogen-bond acceptors (Lipinski definition) is 2. The summed E-state index contributed by atoms with van der Waals surface area (Å²) in [4.78, 5) is 2.85. The second-order valence-corrected chi connectivity index (χ2v) is 8.04. The van der Waals surface area contributed by atoms with Crippen LogP contribution in [0.4, 0.5) is 0 Å². The van der Waals surface area contributed by atoms with E-state index in [-0.39, 0.29) is 0 Å². The highest BCUT2D eigenvalue weighted by Crippen LogP contribution is 2.31. The largest absolute Gasteiger partial charge is 0.312 e. The van der Waals surface area contributed by atoms with Crippen LogP contribution in [0.1, 0.15) is 77.6 Å². The first-order chi connectivity index (χ1) is 10.3. The van der Waals surface area contributed by atoms with Gasteiger partial charge >= 0.3 is 0 Å². The molecule has 0 amide bonds. The van der Waals surface area contributed by atoms with Crippen LogP contribution in [0.2, 0.25) is 0 Å². The van der Waals surface area contributed by atoms with Gasteiger partial charge in [-0.05, 0) is 56.9 Å². The van der Waals surface area contributed by atoms with Crippen LogP contribution in [0.3, 0.4) is 0 Å². The highest BCUT2D eigenvalue weighted by molar-refractivity contribution is 4.90. The zero-order valence-corrected chi connectivity index (χ0v) is 14.2. The van der Waals surface area contributed by atoms with Gasteiger partial charge in [0.2, 0.25) is 0 Å². The number of unbranched alkanes of at least 4 members (excludes halogenated alkanes) is 1. The molecule has 2 atom stereocenters. The van der Waals surface area contributed by atoms with Crippen molar-refractivity contribution in [2.75, 3.05) is 19.6 Å². The summed E-state index contributed by atoms with van der Waals surface area (Å²) in [5.74, 6) is 1.94. The molecule has 2 aliphatic carbocycles. The molecule has 0 bridgehead atoms.